The summed E-state index contributed by atoms with van der Waals surface area (Å²) >= 11 is 3.18. The third-order valence-electron chi connectivity index (χ3n) is 3.16. The van der Waals surface area contributed by atoms with Gasteiger partial charge in [-0.15, -0.1) is 0 Å². The van der Waals surface area contributed by atoms with E-state index in [0.717, 1.165) is 12.0 Å². The standard InChI is InChI=1S/C14H10BrNO3/c15-13-10(4-6-19-13)12(17)9-2-1-8-3-5-16-14(18)11(8)7-9/h1-2,4,6-7H,3,5H2,(H,16,18). The number of carbonyl (C=O) groups is 2. The molecule has 1 aromatic carbocycles. The molecule has 3 rings (SSSR count). The Hall–Kier alpha value is -1.88. The lowest BCUT2D eigenvalue weighted by atomic mass is 9.95. The first kappa shape index (κ1) is 12.2. The molecule has 1 aromatic heterocycles. The van der Waals surface area contributed by atoms with Crippen molar-refractivity contribution in [2.75, 3.05) is 6.54 Å². The van der Waals surface area contributed by atoms with Gasteiger partial charge in [0, 0.05) is 17.7 Å². The first-order valence-corrected chi connectivity index (χ1v) is 6.65. The van der Waals surface area contributed by atoms with Gasteiger partial charge >= 0.3 is 0 Å². The Bertz CT molecular complexity index is 675. The van der Waals surface area contributed by atoms with Gasteiger partial charge in [-0.1, -0.05) is 12.1 Å². The van der Waals surface area contributed by atoms with Crippen LogP contribution in [0.2, 0.25) is 0 Å². The van der Waals surface area contributed by atoms with Crippen LogP contribution >= 0.6 is 15.9 Å². The minimum absolute atomic E-state index is 0.123. The van der Waals surface area contributed by atoms with E-state index in [2.05, 4.69) is 21.2 Å². The summed E-state index contributed by atoms with van der Waals surface area (Å²) in [5.74, 6) is -0.288. The molecule has 1 amide bonds. The van der Waals surface area contributed by atoms with Crippen molar-refractivity contribution in [3.05, 3.63) is 57.5 Å². The molecule has 1 aliphatic rings. The molecule has 2 aromatic rings. The summed E-state index contributed by atoms with van der Waals surface area (Å²) in [7, 11) is 0. The first-order chi connectivity index (χ1) is 9.16. The van der Waals surface area contributed by atoms with Crippen LogP contribution in [0.1, 0.15) is 31.8 Å². The minimum Gasteiger partial charge on any atom is -0.457 e. The number of fused-ring (bicyclic) bond motifs is 1. The number of halogens is 1. The zero-order chi connectivity index (χ0) is 13.4. The molecule has 1 aliphatic heterocycles. The van der Waals surface area contributed by atoms with E-state index in [1.165, 1.54) is 6.26 Å². The highest BCUT2D eigenvalue weighted by atomic mass is 79.9. The van der Waals surface area contributed by atoms with Gasteiger partial charge in [0.1, 0.15) is 0 Å². The Kier molecular flexibility index (Phi) is 2.98. The van der Waals surface area contributed by atoms with Crippen molar-refractivity contribution in [2.24, 2.45) is 0 Å². The van der Waals surface area contributed by atoms with Crippen molar-refractivity contribution in [3.8, 4) is 0 Å². The number of hydrogen-bond donors (Lipinski definition) is 1. The molecular weight excluding hydrogens is 310 g/mol. The Labute approximate surface area is 117 Å². The van der Waals surface area contributed by atoms with E-state index in [-0.39, 0.29) is 11.7 Å². The Morgan fingerprint density at radius 3 is 2.89 bits per heavy atom. The van der Waals surface area contributed by atoms with E-state index in [1.807, 2.05) is 6.07 Å². The van der Waals surface area contributed by atoms with Crippen molar-refractivity contribution >= 4 is 27.6 Å². The third kappa shape index (κ3) is 2.10. The average molecular weight is 320 g/mol. The summed E-state index contributed by atoms with van der Waals surface area (Å²) in [4.78, 5) is 24.1. The van der Waals surface area contributed by atoms with Crippen molar-refractivity contribution in [2.45, 2.75) is 6.42 Å². The van der Waals surface area contributed by atoms with Crippen molar-refractivity contribution in [1.82, 2.24) is 5.32 Å². The lowest BCUT2D eigenvalue weighted by Crippen LogP contribution is -2.32. The van der Waals surface area contributed by atoms with Gasteiger partial charge in [0.2, 0.25) is 0 Å². The molecule has 0 fully saturated rings. The van der Waals surface area contributed by atoms with Crippen LogP contribution in [-0.2, 0) is 6.42 Å². The fourth-order valence-electron chi connectivity index (χ4n) is 2.16. The summed E-state index contributed by atoms with van der Waals surface area (Å²) in [5, 5.41) is 2.77. The van der Waals surface area contributed by atoms with E-state index < -0.39 is 0 Å². The van der Waals surface area contributed by atoms with Gasteiger partial charge in [0.15, 0.2) is 10.5 Å². The molecular formula is C14H10BrNO3. The highest BCUT2D eigenvalue weighted by Gasteiger charge is 2.20. The topological polar surface area (TPSA) is 59.3 Å². The largest absolute Gasteiger partial charge is 0.457 e. The SMILES string of the molecule is O=C1NCCc2ccc(C(=O)c3ccoc3Br)cc21. The Morgan fingerprint density at radius 2 is 2.16 bits per heavy atom. The lowest BCUT2D eigenvalue weighted by molar-refractivity contribution is 0.0946. The molecule has 0 radical (unpaired) electrons. The zero-order valence-corrected chi connectivity index (χ0v) is 11.5. The zero-order valence-electron chi connectivity index (χ0n) is 9.90. The monoisotopic (exact) mass is 319 g/mol. The number of rotatable bonds is 2. The Morgan fingerprint density at radius 1 is 1.32 bits per heavy atom. The van der Waals surface area contributed by atoms with Crippen LogP contribution in [0.15, 0.2) is 39.6 Å². The number of nitrogens with one attached hydrogen (secondary N) is 1. The highest BCUT2D eigenvalue weighted by Crippen LogP contribution is 2.23. The summed E-state index contributed by atoms with van der Waals surface area (Å²) in [5.41, 5.74) is 2.50. The normalized spacial score (nSPS) is 13.8. The van der Waals surface area contributed by atoms with E-state index in [0.29, 0.717) is 27.9 Å². The number of ketones is 1. The molecule has 2 heterocycles. The molecule has 0 atom stereocenters. The van der Waals surface area contributed by atoms with Crippen molar-refractivity contribution < 1.29 is 14.0 Å². The quantitative estimate of drug-likeness (QED) is 0.865. The molecule has 5 heteroatoms. The molecule has 0 bridgehead atoms. The van der Waals surface area contributed by atoms with Crippen molar-refractivity contribution in [3.63, 3.8) is 0 Å². The first-order valence-electron chi connectivity index (χ1n) is 5.85. The van der Waals surface area contributed by atoms with E-state index in [9.17, 15) is 9.59 Å². The van der Waals surface area contributed by atoms with E-state index in [1.54, 1.807) is 18.2 Å². The molecule has 0 unspecified atom stereocenters. The van der Waals surface area contributed by atoms with Gasteiger partial charge in [-0.2, -0.15) is 0 Å². The van der Waals surface area contributed by atoms with Crippen LogP contribution in [0.5, 0.6) is 0 Å². The maximum absolute atomic E-state index is 12.3. The summed E-state index contributed by atoms with van der Waals surface area (Å²) in [6.45, 7) is 0.645. The number of benzene rings is 1. The molecule has 19 heavy (non-hydrogen) atoms. The fraction of sp³-hybridized carbons (Fsp3) is 0.143. The lowest BCUT2D eigenvalue weighted by Gasteiger charge is -2.16. The summed E-state index contributed by atoms with van der Waals surface area (Å²) in [6.07, 6.45) is 2.24. The molecule has 0 spiro atoms. The van der Waals surface area contributed by atoms with Crippen LogP contribution in [0.3, 0.4) is 0 Å². The van der Waals surface area contributed by atoms with E-state index in [4.69, 9.17) is 4.42 Å². The Balaban J connectivity index is 2.03. The van der Waals surface area contributed by atoms with Gasteiger partial charge < -0.3 is 9.73 Å². The minimum atomic E-state index is -0.165. The third-order valence-corrected chi connectivity index (χ3v) is 3.77. The molecule has 0 saturated heterocycles. The van der Waals surface area contributed by atoms with Gasteiger partial charge in [-0.3, -0.25) is 9.59 Å². The van der Waals surface area contributed by atoms with Gasteiger partial charge in [-0.25, -0.2) is 0 Å². The number of hydrogen-bond acceptors (Lipinski definition) is 3. The smallest absolute Gasteiger partial charge is 0.251 e. The second-order valence-corrected chi connectivity index (χ2v) is 5.04. The number of furan rings is 1. The van der Waals surface area contributed by atoms with Crippen LogP contribution in [0, 0.1) is 0 Å². The molecule has 1 N–H and O–H groups in total. The van der Waals surface area contributed by atoms with E-state index >= 15 is 0 Å². The maximum Gasteiger partial charge on any atom is 0.251 e. The molecule has 0 saturated carbocycles. The number of amides is 1. The second-order valence-electron chi connectivity index (χ2n) is 4.31. The van der Waals surface area contributed by atoms with Gasteiger partial charge in [-0.05, 0) is 40.0 Å². The van der Waals surface area contributed by atoms with Crippen LogP contribution < -0.4 is 5.32 Å². The molecule has 96 valence electrons. The number of carbonyl (C=O) groups excluding carboxylic acids is 2. The summed E-state index contributed by atoms with van der Waals surface area (Å²) in [6, 6.07) is 6.84. The van der Waals surface area contributed by atoms with Crippen LogP contribution in [0.4, 0.5) is 0 Å². The van der Waals surface area contributed by atoms with Crippen molar-refractivity contribution in [1.29, 1.82) is 0 Å². The summed E-state index contributed by atoms with van der Waals surface area (Å²) < 4.78 is 5.46. The predicted octanol–water partition coefficient (Wildman–Crippen LogP) is 2.56. The van der Waals surface area contributed by atoms with Crippen LogP contribution in [0.25, 0.3) is 0 Å². The highest BCUT2D eigenvalue weighted by molar-refractivity contribution is 9.10. The second kappa shape index (κ2) is 4.66. The van der Waals surface area contributed by atoms with Gasteiger partial charge in [0.25, 0.3) is 5.91 Å². The average Bonchev–Trinajstić information content (AvgIpc) is 2.84. The maximum atomic E-state index is 12.3. The predicted molar refractivity (Wildman–Crippen MR) is 72.3 cm³/mol. The van der Waals surface area contributed by atoms with Crippen LogP contribution in [-0.4, -0.2) is 18.2 Å². The molecule has 0 aliphatic carbocycles. The fourth-order valence-corrected chi connectivity index (χ4v) is 2.58. The molecule has 4 nitrogen and oxygen atoms in total. The van der Waals surface area contributed by atoms with Gasteiger partial charge in [0.05, 0.1) is 11.8 Å².